The van der Waals surface area contributed by atoms with Gasteiger partial charge in [0.2, 0.25) is 4.96 Å². The van der Waals surface area contributed by atoms with Crippen LogP contribution in [-0.4, -0.2) is 19.8 Å². The minimum absolute atomic E-state index is 0.791. The van der Waals surface area contributed by atoms with Gasteiger partial charge in [0.1, 0.15) is 0 Å². The largest absolute Gasteiger partial charge is 0.235 e. The fraction of sp³-hybridized carbons (Fsp3) is 0.118. The van der Waals surface area contributed by atoms with Crippen molar-refractivity contribution >= 4 is 48.4 Å². The minimum Gasteiger partial charge on any atom is -0.182 e. The van der Waals surface area contributed by atoms with E-state index in [9.17, 15) is 0 Å². The van der Waals surface area contributed by atoms with Crippen LogP contribution in [-0.2, 0) is 6.42 Å². The van der Waals surface area contributed by atoms with E-state index in [1.165, 1.54) is 19.2 Å². The Kier molecular flexibility index (Phi) is 3.26. The van der Waals surface area contributed by atoms with Gasteiger partial charge in [-0.1, -0.05) is 48.6 Å². The summed E-state index contributed by atoms with van der Waals surface area (Å²) in [6.07, 6.45) is 1.10. The summed E-state index contributed by atoms with van der Waals surface area (Å²) in [5, 5.41) is 15.7. The van der Waals surface area contributed by atoms with Gasteiger partial charge in [-0.05, 0) is 18.6 Å². The van der Waals surface area contributed by atoms with E-state index < -0.39 is 0 Å². The second kappa shape index (κ2) is 5.47. The molecule has 0 unspecified atom stereocenters. The van der Waals surface area contributed by atoms with Crippen molar-refractivity contribution in [3.63, 3.8) is 0 Å². The Bertz CT molecular complexity index is 1120. The second-order valence-electron chi connectivity index (χ2n) is 5.41. The average Bonchev–Trinajstić information content (AvgIpc) is 3.33. The van der Waals surface area contributed by atoms with E-state index in [2.05, 4.69) is 29.3 Å². The van der Waals surface area contributed by atoms with E-state index in [-0.39, 0.29) is 0 Å². The Morgan fingerprint density at radius 1 is 1.00 bits per heavy atom. The molecule has 5 aromatic rings. The molecule has 0 saturated heterocycles. The molecule has 4 nitrogen and oxygen atoms in total. The Hall–Kier alpha value is -2.09. The normalized spacial score (nSPS) is 11.7. The number of hydrogen-bond donors (Lipinski definition) is 0. The molecule has 4 aromatic heterocycles. The number of thiophene rings is 2. The fourth-order valence-electron chi connectivity index (χ4n) is 2.65. The van der Waals surface area contributed by atoms with Crippen molar-refractivity contribution in [2.75, 3.05) is 0 Å². The summed E-state index contributed by atoms with van der Waals surface area (Å²) in [5.74, 6) is 0.791. The maximum absolute atomic E-state index is 4.76. The highest BCUT2D eigenvalue weighted by atomic mass is 32.2. The van der Waals surface area contributed by atoms with Crippen molar-refractivity contribution in [3.05, 3.63) is 47.3 Å². The highest BCUT2D eigenvalue weighted by Crippen LogP contribution is 2.40. The van der Waals surface area contributed by atoms with E-state index >= 15 is 0 Å². The third-order valence-electron chi connectivity index (χ3n) is 3.85. The van der Waals surface area contributed by atoms with Crippen molar-refractivity contribution in [2.24, 2.45) is 0 Å². The van der Waals surface area contributed by atoms with Gasteiger partial charge in [0.05, 0.1) is 8.89 Å². The number of benzene rings is 1. The molecule has 0 saturated carbocycles. The van der Waals surface area contributed by atoms with Crippen LogP contribution in [0.25, 0.3) is 35.6 Å². The number of aryl methyl sites for hydroxylation is 1. The second-order valence-corrected chi connectivity index (χ2v) is 8.81. The third-order valence-corrected chi connectivity index (χ3v) is 7.45. The van der Waals surface area contributed by atoms with Gasteiger partial charge in [-0.15, -0.1) is 32.9 Å². The number of hydrogen-bond acceptors (Lipinski definition) is 6. The Balaban J connectivity index is 1.61. The SMILES string of the molecule is CCc1cc2cc(-c3nn4c(-c5ccccc5)nnc4s3)sc2s1. The molecule has 0 spiro atoms. The average molecular weight is 369 g/mol. The first-order chi connectivity index (χ1) is 11.8. The molecule has 4 heterocycles. The Labute approximate surface area is 150 Å². The number of fused-ring (bicyclic) bond motifs is 2. The first-order valence-corrected chi connectivity index (χ1v) is 10.1. The predicted molar refractivity (Wildman–Crippen MR) is 102 cm³/mol. The molecule has 0 N–H and O–H groups in total. The number of nitrogens with zero attached hydrogens (tertiary/aromatic N) is 4. The molecule has 24 heavy (non-hydrogen) atoms. The lowest BCUT2D eigenvalue weighted by Crippen LogP contribution is -1.90. The molecule has 0 fully saturated rings. The van der Waals surface area contributed by atoms with Crippen molar-refractivity contribution in [1.29, 1.82) is 0 Å². The van der Waals surface area contributed by atoms with Crippen LogP contribution in [0.4, 0.5) is 0 Å². The Morgan fingerprint density at radius 2 is 1.88 bits per heavy atom. The fourth-order valence-corrected chi connectivity index (χ4v) is 5.97. The van der Waals surface area contributed by atoms with Crippen molar-refractivity contribution in [3.8, 4) is 21.3 Å². The van der Waals surface area contributed by atoms with E-state index in [1.807, 2.05) is 57.5 Å². The third kappa shape index (κ3) is 2.20. The Morgan fingerprint density at radius 3 is 2.67 bits per heavy atom. The lowest BCUT2D eigenvalue weighted by Gasteiger charge is -1.95. The van der Waals surface area contributed by atoms with Crippen LogP contribution >= 0.6 is 34.0 Å². The van der Waals surface area contributed by atoms with Gasteiger partial charge in [-0.25, -0.2) is 0 Å². The molecular weight excluding hydrogens is 356 g/mol. The monoisotopic (exact) mass is 368 g/mol. The summed E-state index contributed by atoms with van der Waals surface area (Å²) in [5.41, 5.74) is 1.03. The first-order valence-electron chi connectivity index (χ1n) is 7.62. The van der Waals surface area contributed by atoms with Crippen LogP contribution in [0.2, 0.25) is 0 Å². The molecular formula is C17H12N4S3. The van der Waals surface area contributed by atoms with Gasteiger partial charge in [-0.2, -0.15) is 9.61 Å². The zero-order valence-corrected chi connectivity index (χ0v) is 15.2. The maximum Gasteiger partial charge on any atom is 0.235 e. The summed E-state index contributed by atoms with van der Waals surface area (Å²) in [7, 11) is 0. The molecule has 0 bridgehead atoms. The van der Waals surface area contributed by atoms with Crippen molar-refractivity contribution < 1.29 is 0 Å². The lowest BCUT2D eigenvalue weighted by atomic mass is 10.2. The van der Waals surface area contributed by atoms with E-state index in [1.54, 1.807) is 11.3 Å². The molecule has 5 rings (SSSR count). The summed E-state index contributed by atoms with van der Waals surface area (Å²) in [6, 6.07) is 14.6. The summed E-state index contributed by atoms with van der Waals surface area (Å²) < 4.78 is 3.22. The van der Waals surface area contributed by atoms with E-state index in [0.29, 0.717) is 0 Å². The molecule has 1 aromatic carbocycles. The standard InChI is InChI=1S/C17H12N4S3/c1-2-12-8-11-9-13(23-16(11)22-12)15-20-21-14(18-19-17(21)24-15)10-6-4-3-5-7-10/h3-9H,2H2,1H3. The van der Waals surface area contributed by atoms with Crippen LogP contribution in [0.15, 0.2) is 42.5 Å². The summed E-state index contributed by atoms with van der Waals surface area (Å²) >= 11 is 5.28. The van der Waals surface area contributed by atoms with Crippen LogP contribution in [0.3, 0.4) is 0 Å². The van der Waals surface area contributed by atoms with Crippen LogP contribution in [0, 0.1) is 0 Å². The van der Waals surface area contributed by atoms with Crippen LogP contribution < -0.4 is 0 Å². The van der Waals surface area contributed by atoms with Gasteiger partial charge in [0.15, 0.2) is 10.8 Å². The van der Waals surface area contributed by atoms with Crippen LogP contribution in [0.5, 0.6) is 0 Å². The van der Waals surface area contributed by atoms with Gasteiger partial charge in [0.25, 0.3) is 0 Å². The van der Waals surface area contributed by atoms with Crippen LogP contribution in [0.1, 0.15) is 11.8 Å². The van der Waals surface area contributed by atoms with E-state index in [4.69, 9.17) is 5.10 Å². The van der Waals surface area contributed by atoms with E-state index in [0.717, 1.165) is 27.8 Å². The molecule has 0 radical (unpaired) electrons. The number of aromatic nitrogens is 4. The number of rotatable bonds is 3. The molecule has 118 valence electrons. The molecule has 0 amide bonds. The zero-order chi connectivity index (χ0) is 16.1. The quantitative estimate of drug-likeness (QED) is 0.431. The molecule has 0 aliphatic rings. The smallest absolute Gasteiger partial charge is 0.182 e. The molecule has 0 aliphatic heterocycles. The maximum atomic E-state index is 4.76. The first kappa shape index (κ1) is 14.3. The van der Waals surface area contributed by atoms with Crippen molar-refractivity contribution in [2.45, 2.75) is 13.3 Å². The van der Waals surface area contributed by atoms with Gasteiger partial charge >= 0.3 is 0 Å². The predicted octanol–water partition coefficient (Wildman–Crippen LogP) is 5.36. The van der Waals surface area contributed by atoms with Gasteiger partial charge in [-0.3, -0.25) is 0 Å². The molecule has 0 aliphatic carbocycles. The summed E-state index contributed by atoms with van der Waals surface area (Å²) in [6.45, 7) is 2.20. The molecule has 7 heteroatoms. The highest BCUT2D eigenvalue weighted by Gasteiger charge is 2.16. The zero-order valence-electron chi connectivity index (χ0n) is 12.8. The molecule has 0 atom stereocenters. The van der Waals surface area contributed by atoms with Gasteiger partial charge in [0, 0.05) is 15.8 Å². The lowest BCUT2D eigenvalue weighted by molar-refractivity contribution is 0.972. The summed E-state index contributed by atoms with van der Waals surface area (Å²) in [4.78, 5) is 3.47. The highest BCUT2D eigenvalue weighted by molar-refractivity contribution is 7.40. The van der Waals surface area contributed by atoms with Gasteiger partial charge < -0.3 is 0 Å². The topological polar surface area (TPSA) is 43.1 Å². The van der Waals surface area contributed by atoms with Crippen molar-refractivity contribution in [1.82, 2.24) is 19.8 Å². The minimum atomic E-state index is 0.791.